The average molecular weight is 349 g/mol. The lowest BCUT2D eigenvalue weighted by Crippen LogP contribution is -2.37. The Kier molecular flexibility index (Phi) is 3.85. The zero-order chi connectivity index (χ0) is 17.5. The summed E-state index contributed by atoms with van der Waals surface area (Å²) in [6, 6.07) is 4.98. The number of anilines is 2. The van der Waals surface area contributed by atoms with Gasteiger partial charge in [-0.1, -0.05) is 0 Å². The second kappa shape index (κ2) is 6.36. The van der Waals surface area contributed by atoms with Crippen molar-refractivity contribution in [3.63, 3.8) is 0 Å². The lowest BCUT2D eigenvalue weighted by atomic mass is 10.1. The summed E-state index contributed by atoms with van der Waals surface area (Å²) in [5.74, 6) is 1.03. The van der Waals surface area contributed by atoms with Crippen LogP contribution in [0.2, 0.25) is 0 Å². The van der Waals surface area contributed by atoms with Crippen molar-refractivity contribution in [1.82, 2.24) is 9.97 Å². The van der Waals surface area contributed by atoms with Crippen LogP contribution < -0.4 is 9.80 Å². The zero-order valence-corrected chi connectivity index (χ0v) is 15.1. The van der Waals surface area contributed by atoms with Gasteiger partial charge in [-0.15, -0.1) is 0 Å². The Labute approximate surface area is 153 Å². The number of fused-ring (bicyclic) bond motifs is 1. The molecule has 0 spiro atoms. The monoisotopic (exact) mass is 349 g/mol. The number of rotatable bonds is 4. The Hall–Kier alpha value is -2.47. The van der Waals surface area contributed by atoms with Crippen LogP contribution in [0.4, 0.5) is 11.5 Å². The van der Waals surface area contributed by atoms with Gasteiger partial charge < -0.3 is 14.5 Å². The van der Waals surface area contributed by atoms with E-state index in [9.17, 15) is 0 Å². The SMILES string of the molecule is CN(c1cc(N2CCOCC2)nc2c(C3=CC=NC3)nccc12)C1CC1. The van der Waals surface area contributed by atoms with Gasteiger partial charge in [-0.3, -0.25) is 9.98 Å². The van der Waals surface area contributed by atoms with Crippen molar-refractivity contribution in [3.05, 3.63) is 30.1 Å². The van der Waals surface area contributed by atoms with Crippen molar-refractivity contribution >= 4 is 34.2 Å². The summed E-state index contributed by atoms with van der Waals surface area (Å²) in [4.78, 5) is 18.8. The summed E-state index contributed by atoms with van der Waals surface area (Å²) in [5, 5.41) is 1.18. The normalized spacial score (nSPS) is 19.9. The van der Waals surface area contributed by atoms with E-state index in [4.69, 9.17) is 9.72 Å². The van der Waals surface area contributed by atoms with E-state index in [-0.39, 0.29) is 0 Å². The van der Waals surface area contributed by atoms with Gasteiger partial charge in [-0.2, -0.15) is 0 Å². The number of morpholine rings is 1. The second-order valence-electron chi connectivity index (χ2n) is 7.18. The lowest BCUT2D eigenvalue weighted by Gasteiger charge is -2.30. The summed E-state index contributed by atoms with van der Waals surface area (Å²) < 4.78 is 5.52. The highest BCUT2D eigenvalue weighted by molar-refractivity contribution is 6.01. The number of aromatic nitrogens is 2. The fraction of sp³-hybridized carbons (Fsp3) is 0.450. The predicted molar refractivity (Wildman–Crippen MR) is 105 cm³/mol. The molecule has 0 radical (unpaired) electrons. The first-order chi connectivity index (χ1) is 12.8. The molecule has 2 aromatic rings. The van der Waals surface area contributed by atoms with E-state index in [1.807, 2.05) is 12.4 Å². The van der Waals surface area contributed by atoms with Crippen LogP contribution in [0.3, 0.4) is 0 Å². The predicted octanol–water partition coefficient (Wildman–Crippen LogP) is 2.53. The second-order valence-corrected chi connectivity index (χ2v) is 7.18. The molecule has 2 aliphatic heterocycles. The maximum absolute atomic E-state index is 5.52. The molecular formula is C20H23N5O. The minimum atomic E-state index is 0.642. The number of allylic oxidation sites excluding steroid dienone is 1. The van der Waals surface area contributed by atoms with Crippen LogP contribution >= 0.6 is 0 Å². The smallest absolute Gasteiger partial charge is 0.131 e. The largest absolute Gasteiger partial charge is 0.378 e. The fourth-order valence-corrected chi connectivity index (χ4v) is 3.76. The topological polar surface area (TPSA) is 53.9 Å². The van der Waals surface area contributed by atoms with E-state index < -0.39 is 0 Å². The van der Waals surface area contributed by atoms with E-state index in [1.54, 1.807) is 0 Å². The number of pyridine rings is 2. The molecule has 6 heteroatoms. The third kappa shape index (κ3) is 2.74. The van der Waals surface area contributed by atoms with Gasteiger partial charge in [-0.25, -0.2) is 4.98 Å². The van der Waals surface area contributed by atoms with Gasteiger partial charge in [0.2, 0.25) is 0 Å². The number of hydrogen-bond acceptors (Lipinski definition) is 6. The minimum Gasteiger partial charge on any atom is -0.378 e. The van der Waals surface area contributed by atoms with E-state index in [1.165, 1.54) is 23.9 Å². The molecule has 0 bridgehead atoms. The van der Waals surface area contributed by atoms with Crippen molar-refractivity contribution in [1.29, 1.82) is 0 Å². The van der Waals surface area contributed by atoms with E-state index in [0.29, 0.717) is 12.6 Å². The molecule has 2 aromatic heterocycles. The summed E-state index contributed by atoms with van der Waals surface area (Å²) >= 11 is 0. The third-order valence-corrected chi connectivity index (χ3v) is 5.45. The molecule has 5 rings (SSSR count). The first-order valence-corrected chi connectivity index (χ1v) is 9.36. The van der Waals surface area contributed by atoms with Crippen LogP contribution in [-0.2, 0) is 4.74 Å². The maximum Gasteiger partial charge on any atom is 0.131 e. The van der Waals surface area contributed by atoms with E-state index >= 15 is 0 Å². The first-order valence-electron chi connectivity index (χ1n) is 9.36. The van der Waals surface area contributed by atoms with E-state index in [0.717, 1.165) is 48.9 Å². The molecule has 1 saturated carbocycles. The minimum absolute atomic E-state index is 0.642. The highest BCUT2D eigenvalue weighted by Gasteiger charge is 2.29. The quantitative estimate of drug-likeness (QED) is 0.849. The van der Waals surface area contributed by atoms with Gasteiger partial charge in [-0.05, 0) is 25.0 Å². The van der Waals surface area contributed by atoms with Crippen LogP contribution in [-0.4, -0.2) is 62.1 Å². The molecule has 3 aliphatic rings. The van der Waals surface area contributed by atoms with Gasteiger partial charge in [0.05, 0.1) is 25.5 Å². The third-order valence-electron chi connectivity index (χ3n) is 5.45. The van der Waals surface area contributed by atoms with Crippen LogP contribution in [0.25, 0.3) is 16.5 Å². The Morgan fingerprint density at radius 1 is 1.23 bits per heavy atom. The molecule has 0 amide bonds. The highest BCUT2D eigenvalue weighted by Crippen LogP contribution is 2.38. The summed E-state index contributed by atoms with van der Waals surface area (Å²) in [6.45, 7) is 3.96. The Morgan fingerprint density at radius 2 is 2.08 bits per heavy atom. The molecule has 0 aromatic carbocycles. The molecule has 134 valence electrons. The number of hydrogen-bond donors (Lipinski definition) is 0. The highest BCUT2D eigenvalue weighted by atomic mass is 16.5. The summed E-state index contributed by atoms with van der Waals surface area (Å²) in [7, 11) is 2.20. The molecule has 4 heterocycles. The summed E-state index contributed by atoms with van der Waals surface area (Å²) in [6.07, 6.45) is 8.35. The zero-order valence-electron chi connectivity index (χ0n) is 15.1. The average Bonchev–Trinajstić information content (AvgIpc) is 3.41. The van der Waals surface area contributed by atoms with Gasteiger partial charge in [0.15, 0.2) is 0 Å². The molecule has 6 nitrogen and oxygen atoms in total. The van der Waals surface area contributed by atoms with Gasteiger partial charge in [0, 0.05) is 61.3 Å². The molecular weight excluding hydrogens is 326 g/mol. The summed E-state index contributed by atoms with van der Waals surface area (Å²) in [5.41, 5.74) is 4.33. The van der Waals surface area contributed by atoms with Crippen LogP contribution in [0.1, 0.15) is 18.5 Å². The first kappa shape index (κ1) is 15.8. The van der Waals surface area contributed by atoms with Crippen molar-refractivity contribution in [2.24, 2.45) is 4.99 Å². The van der Waals surface area contributed by atoms with Gasteiger partial charge in [0.1, 0.15) is 11.3 Å². The molecule has 2 fully saturated rings. The van der Waals surface area contributed by atoms with Crippen LogP contribution in [0, 0.1) is 0 Å². The Bertz CT molecular complexity index is 896. The van der Waals surface area contributed by atoms with Gasteiger partial charge >= 0.3 is 0 Å². The molecule has 0 atom stereocenters. The van der Waals surface area contributed by atoms with Crippen LogP contribution in [0.15, 0.2) is 29.4 Å². The number of nitrogens with zero attached hydrogens (tertiary/aromatic N) is 5. The molecule has 0 N–H and O–H groups in total. The molecule has 1 saturated heterocycles. The maximum atomic E-state index is 5.52. The molecule has 1 aliphatic carbocycles. The van der Waals surface area contributed by atoms with Crippen molar-refractivity contribution < 1.29 is 4.74 Å². The Balaban J connectivity index is 1.68. The standard InChI is InChI=1S/C20H23N5O/c1-24(15-2-3-15)17-12-18(25-8-10-26-11-9-25)23-20-16(17)5-7-22-19(20)14-4-6-21-13-14/h4-7,12,15H,2-3,8-11,13H2,1H3. The van der Waals surface area contributed by atoms with E-state index in [2.05, 4.69) is 45.0 Å². The Morgan fingerprint density at radius 3 is 2.81 bits per heavy atom. The van der Waals surface area contributed by atoms with Crippen molar-refractivity contribution in [2.75, 3.05) is 49.7 Å². The van der Waals surface area contributed by atoms with Crippen molar-refractivity contribution in [2.45, 2.75) is 18.9 Å². The van der Waals surface area contributed by atoms with Gasteiger partial charge in [0.25, 0.3) is 0 Å². The lowest BCUT2D eigenvalue weighted by molar-refractivity contribution is 0.122. The number of ether oxygens (including phenoxy) is 1. The van der Waals surface area contributed by atoms with Crippen LogP contribution in [0.5, 0.6) is 0 Å². The fourth-order valence-electron chi connectivity index (χ4n) is 3.76. The molecule has 26 heavy (non-hydrogen) atoms. The number of aliphatic imine (C=N–C) groups is 1. The molecule has 0 unspecified atom stereocenters. The van der Waals surface area contributed by atoms with Crippen molar-refractivity contribution in [3.8, 4) is 0 Å².